The van der Waals surface area contributed by atoms with Crippen LogP contribution in [0.3, 0.4) is 0 Å². The molecule has 0 saturated carbocycles. The van der Waals surface area contributed by atoms with Crippen LogP contribution in [-0.4, -0.2) is 66.4 Å². The molecule has 3 aliphatic rings. The Morgan fingerprint density at radius 3 is 2.67 bits per heavy atom. The lowest BCUT2D eigenvalue weighted by Crippen LogP contribution is -2.42. The zero-order valence-corrected chi connectivity index (χ0v) is 14.7. The fraction of sp³-hybridized carbons (Fsp3) is 0.650. The first-order chi connectivity index (χ1) is 11.7. The predicted octanol–water partition coefficient (Wildman–Crippen LogP) is 2.38. The van der Waals surface area contributed by atoms with Gasteiger partial charge in [0.05, 0.1) is 5.92 Å². The van der Waals surface area contributed by atoms with Gasteiger partial charge in [-0.2, -0.15) is 0 Å². The number of fused-ring (bicyclic) bond motifs is 1. The smallest absolute Gasteiger partial charge is 0.227 e. The summed E-state index contributed by atoms with van der Waals surface area (Å²) < 4.78 is 0. The van der Waals surface area contributed by atoms with Gasteiger partial charge < -0.3 is 9.80 Å². The molecule has 1 aromatic carbocycles. The molecule has 0 spiro atoms. The van der Waals surface area contributed by atoms with E-state index in [1.165, 1.54) is 18.4 Å². The molecule has 1 amide bonds. The monoisotopic (exact) mass is 327 g/mol. The van der Waals surface area contributed by atoms with Crippen molar-refractivity contribution in [1.29, 1.82) is 0 Å². The first-order valence-corrected chi connectivity index (χ1v) is 9.52. The Hall–Kier alpha value is -1.39. The zero-order valence-electron chi connectivity index (χ0n) is 14.7. The third-order valence-corrected chi connectivity index (χ3v) is 6.22. The van der Waals surface area contributed by atoms with Crippen molar-refractivity contribution in [2.24, 2.45) is 5.92 Å². The Morgan fingerprint density at radius 1 is 1.00 bits per heavy atom. The third kappa shape index (κ3) is 2.98. The summed E-state index contributed by atoms with van der Waals surface area (Å²) >= 11 is 0. The Bertz CT molecular complexity index is 576. The molecule has 130 valence electrons. The largest absolute Gasteiger partial charge is 0.341 e. The highest BCUT2D eigenvalue weighted by molar-refractivity contribution is 5.80. The number of carbonyl (C=O) groups excluding carboxylic acids is 1. The number of nitrogens with zero attached hydrogens (tertiary/aromatic N) is 3. The van der Waals surface area contributed by atoms with Gasteiger partial charge in [0.1, 0.15) is 0 Å². The van der Waals surface area contributed by atoms with E-state index in [2.05, 4.69) is 52.1 Å². The first kappa shape index (κ1) is 16.1. The molecule has 0 aromatic heterocycles. The van der Waals surface area contributed by atoms with Gasteiger partial charge in [0.15, 0.2) is 0 Å². The second kappa shape index (κ2) is 6.85. The molecule has 3 fully saturated rings. The summed E-state index contributed by atoms with van der Waals surface area (Å²) in [6.07, 6.45) is 4.53. The molecule has 3 aliphatic heterocycles. The molecular weight excluding hydrogens is 298 g/mol. The molecule has 3 atom stereocenters. The highest BCUT2D eigenvalue weighted by atomic mass is 16.2. The molecule has 3 saturated heterocycles. The van der Waals surface area contributed by atoms with Gasteiger partial charge >= 0.3 is 0 Å². The number of hydrogen-bond acceptors (Lipinski definition) is 3. The van der Waals surface area contributed by atoms with Gasteiger partial charge in [-0.15, -0.1) is 0 Å². The predicted molar refractivity (Wildman–Crippen MR) is 95.7 cm³/mol. The fourth-order valence-corrected chi connectivity index (χ4v) is 4.94. The Labute approximate surface area is 145 Å². The molecular formula is C20H29N3O. The van der Waals surface area contributed by atoms with Crippen LogP contribution in [0.25, 0.3) is 0 Å². The van der Waals surface area contributed by atoms with Crippen LogP contribution in [0.2, 0.25) is 0 Å². The maximum Gasteiger partial charge on any atom is 0.227 e. The van der Waals surface area contributed by atoms with Crippen LogP contribution in [0.1, 0.15) is 37.3 Å². The van der Waals surface area contributed by atoms with Gasteiger partial charge in [-0.1, -0.05) is 30.3 Å². The van der Waals surface area contributed by atoms with Crippen molar-refractivity contribution in [2.75, 3.05) is 39.8 Å². The van der Waals surface area contributed by atoms with Crippen molar-refractivity contribution in [3.05, 3.63) is 35.9 Å². The number of benzene rings is 1. The van der Waals surface area contributed by atoms with Gasteiger partial charge in [-0.05, 0) is 51.4 Å². The zero-order chi connectivity index (χ0) is 16.5. The van der Waals surface area contributed by atoms with Gasteiger partial charge in [0.2, 0.25) is 5.91 Å². The number of hydrogen-bond donors (Lipinski definition) is 0. The highest BCUT2D eigenvalue weighted by Crippen LogP contribution is 2.45. The van der Waals surface area contributed by atoms with Crippen LogP contribution >= 0.6 is 0 Å². The van der Waals surface area contributed by atoms with Crippen molar-refractivity contribution in [3.63, 3.8) is 0 Å². The van der Waals surface area contributed by atoms with E-state index in [0.717, 1.165) is 45.6 Å². The Kier molecular flexibility index (Phi) is 4.59. The lowest BCUT2D eigenvalue weighted by Gasteiger charge is -2.27. The molecule has 0 radical (unpaired) electrons. The summed E-state index contributed by atoms with van der Waals surface area (Å²) in [7, 11) is 2.16. The lowest BCUT2D eigenvalue weighted by molar-refractivity contribution is -0.136. The summed E-state index contributed by atoms with van der Waals surface area (Å²) in [6, 6.07) is 11.7. The molecule has 0 N–H and O–H groups in total. The summed E-state index contributed by atoms with van der Waals surface area (Å²) in [4.78, 5) is 20.4. The van der Waals surface area contributed by atoms with Crippen LogP contribution in [-0.2, 0) is 4.79 Å². The maximum atomic E-state index is 13.3. The van der Waals surface area contributed by atoms with E-state index in [-0.39, 0.29) is 5.92 Å². The van der Waals surface area contributed by atoms with E-state index in [4.69, 9.17) is 0 Å². The number of likely N-dealkylation sites (N-methyl/N-ethyl adjacent to an activating group) is 1. The summed E-state index contributed by atoms with van der Waals surface area (Å²) in [6.45, 7) is 5.10. The van der Waals surface area contributed by atoms with E-state index in [1.54, 1.807) is 0 Å². The van der Waals surface area contributed by atoms with E-state index in [9.17, 15) is 4.79 Å². The standard InChI is InChI=1S/C20H29N3O/c1-21-10-6-11-22(14-13-21)20(24)17-15-19(16-7-3-2-4-8-16)23-12-5-9-18(17)23/h2-4,7-8,17-19H,5-6,9-15H2,1H3/t17-,18+,19-/m0/s1. The third-order valence-electron chi connectivity index (χ3n) is 6.22. The summed E-state index contributed by atoms with van der Waals surface area (Å²) in [5.41, 5.74) is 1.38. The van der Waals surface area contributed by atoms with Gasteiger partial charge in [-0.25, -0.2) is 0 Å². The van der Waals surface area contributed by atoms with E-state index < -0.39 is 0 Å². The molecule has 4 rings (SSSR count). The highest BCUT2D eigenvalue weighted by Gasteiger charge is 2.48. The summed E-state index contributed by atoms with van der Waals surface area (Å²) in [5, 5.41) is 0. The quantitative estimate of drug-likeness (QED) is 0.834. The van der Waals surface area contributed by atoms with E-state index in [1.807, 2.05) is 0 Å². The van der Waals surface area contributed by atoms with Crippen molar-refractivity contribution in [2.45, 2.75) is 37.8 Å². The lowest BCUT2D eigenvalue weighted by atomic mass is 9.93. The topological polar surface area (TPSA) is 26.8 Å². The van der Waals surface area contributed by atoms with Crippen LogP contribution in [0.15, 0.2) is 30.3 Å². The Balaban J connectivity index is 1.52. The van der Waals surface area contributed by atoms with Crippen LogP contribution in [0, 0.1) is 5.92 Å². The van der Waals surface area contributed by atoms with Crippen molar-refractivity contribution >= 4 is 5.91 Å². The second-order valence-electron chi connectivity index (χ2n) is 7.70. The maximum absolute atomic E-state index is 13.3. The minimum absolute atomic E-state index is 0.195. The van der Waals surface area contributed by atoms with Gasteiger partial charge in [0, 0.05) is 31.7 Å². The molecule has 1 aromatic rings. The molecule has 0 bridgehead atoms. The average molecular weight is 327 g/mol. The first-order valence-electron chi connectivity index (χ1n) is 9.52. The minimum atomic E-state index is 0.195. The van der Waals surface area contributed by atoms with Gasteiger partial charge in [0.25, 0.3) is 0 Å². The number of carbonyl (C=O) groups is 1. The second-order valence-corrected chi connectivity index (χ2v) is 7.70. The van der Waals surface area contributed by atoms with Crippen molar-refractivity contribution < 1.29 is 4.79 Å². The molecule has 0 unspecified atom stereocenters. The van der Waals surface area contributed by atoms with Crippen molar-refractivity contribution in [3.8, 4) is 0 Å². The van der Waals surface area contributed by atoms with Gasteiger partial charge in [-0.3, -0.25) is 9.69 Å². The van der Waals surface area contributed by atoms with Crippen molar-refractivity contribution in [1.82, 2.24) is 14.7 Å². The number of rotatable bonds is 2. The minimum Gasteiger partial charge on any atom is -0.341 e. The average Bonchev–Trinajstić information content (AvgIpc) is 3.14. The van der Waals surface area contributed by atoms with E-state index >= 15 is 0 Å². The Morgan fingerprint density at radius 2 is 1.83 bits per heavy atom. The molecule has 24 heavy (non-hydrogen) atoms. The molecule has 3 heterocycles. The normalized spacial score (nSPS) is 31.9. The fourth-order valence-electron chi connectivity index (χ4n) is 4.94. The molecule has 4 nitrogen and oxygen atoms in total. The molecule has 4 heteroatoms. The van der Waals surface area contributed by atoms with Crippen LogP contribution < -0.4 is 0 Å². The molecule has 0 aliphatic carbocycles. The number of amides is 1. The van der Waals surface area contributed by atoms with Crippen LogP contribution in [0.5, 0.6) is 0 Å². The summed E-state index contributed by atoms with van der Waals surface area (Å²) in [5.74, 6) is 0.613. The van der Waals surface area contributed by atoms with Crippen LogP contribution in [0.4, 0.5) is 0 Å². The SMILES string of the molecule is CN1CCCN(C(=O)[C@H]2C[C@@H](c3ccccc3)N3CCC[C@H]23)CC1. The van der Waals surface area contributed by atoms with E-state index in [0.29, 0.717) is 18.0 Å².